The Balaban J connectivity index is 1.28. The summed E-state index contributed by atoms with van der Waals surface area (Å²) in [5.74, 6) is -0.144. The Kier molecular flexibility index (Phi) is 8.47. The van der Waals surface area contributed by atoms with Gasteiger partial charge in [0.1, 0.15) is 12.1 Å². The summed E-state index contributed by atoms with van der Waals surface area (Å²) in [6.07, 6.45) is -5.72. The molecule has 5 rings (SSSR count). The quantitative estimate of drug-likeness (QED) is 0.214. The number of nitrogens with zero attached hydrogens (tertiary/aromatic N) is 3. The van der Waals surface area contributed by atoms with E-state index in [1.54, 1.807) is 42.5 Å². The molecule has 1 aliphatic rings. The Labute approximate surface area is 247 Å². The summed E-state index contributed by atoms with van der Waals surface area (Å²) in [7, 11) is 0. The number of ether oxygens (including phenoxy) is 2. The molecule has 228 valence electrons. The lowest BCUT2D eigenvalue weighted by molar-refractivity contribution is -0.274. The van der Waals surface area contributed by atoms with Gasteiger partial charge in [-0.05, 0) is 65.6 Å². The molecule has 44 heavy (non-hydrogen) atoms. The lowest BCUT2D eigenvalue weighted by Gasteiger charge is -2.24. The van der Waals surface area contributed by atoms with Crippen molar-refractivity contribution in [1.82, 2.24) is 20.1 Å². The van der Waals surface area contributed by atoms with E-state index in [0.717, 1.165) is 17.7 Å². The second-order valence-electron chi connectivity index (χ2n) is 9.91. The highest BCUT2D eigenvalue weighted by Gasteiger charge is 2.32. The number of hydrogen-bond acceptors (Lipinski definition) is 5. The Bertz CT molecular complexity index is 1660. The highest BCUT2D eigenvalue weighted by atomic mass is 19.4. The number of alkyl halides is 6. The van der Waals surface area contributed by atoms with Gasteiger partial charge in [0.05, 0.1) is 11.3 Å². The summed E-state index contributed by atoms with van der Waals surface area (Å²) in [5, 5.41) is 7.16. The van der Waals surface area contributed by atoms with Crippen molar-refractivity contribution < 1.29 is 40.6 Å². The van der Waals surface area contributed by atoms with E-state index in [0.29, 0.717) is 34.8 Å². The van der Waals surface area contributed by atoms with Crippen LogP contribution in [0.5, 0.6) is 5.75 Å². The highest BCUT2D eigenvalue weighted by Crippen LogP contribution is 2.33. The molecule has 1 aromatic heterocycles. The summed E-state index contributed by atoms with van der Waals surface area (Å²) in [5.41, 5.74) is 1.94. The van der Waals surface area contributed by atoms with E-state index < -0.39 is 30.3 Å². The zero-order valence-electron chi connectivity index (χ0n) is 22.9. The molecule has 1 aliphatic carbocycles. The SMILES string of the molecule is CC1CC(c2ncn(-c3ccc(OC(F)(F)F)cc3)n2)=CC=C1NC(=O)OC(c1ccccc1)c1ccc(C(F)(F)F)cc1. The minimum Gasteiger partial charge on any atom is -0.436 e. The van der Waals surface area contributed by atoms with Crippen LogP contribution in [0, 0.1) is 5.92 Å². The number of allylic oxidation sites excluding steroid dienone is 4. The number of hydrogen-bond donors (Lipinski definition) is 1. The lowest BCUT2D eigenvalue weighted by atomic mass is 9.92. The third-order valence-corrected chi connectivity index (χ3v) is 6.75. The van der Waals surface area contributed by atoms with Gasteiger partial charge in [-0.2, -0.15) is 13.2 Å². The standard InChI is InChI=1S/C31H24F6N4O3/c1-19-17-22(28-38-18-41(40-28)24-12-14-25(15-13-24)44-31(35,36)37)9-16-26(19)39-29(42)43-27(20-5-3-2-4-6-20)21-7-10-23(11-8-21)30(32,33)34/h2-16,18-19,27H,17H2,1H3,(H,39,42). The van der Waals surface area contributed by atoms with Crippen molar-refractivity contribution in [2.24, 2.45) is 5.92 Å². The second kappa shape index (κ2) is 12.3. The third kappa shape index (κ3) is 7.46. The molecule has 1 N–H and O–H groups in total. The zero-order valence-corrected chi connectivity index (χ0v) is 22.9. The number of halogens is 6. The van der Waals surface area contributed by atoms with Crippen LogP contribution in [0.25, 0.3) is 11.3 Å². The van der Waals surface area contributed by atoms with Gasteiger partial charge in [-0.25, -0.2) is 14.5 Å². The molecule has 0 spiro atoms. The van der Waals surface area contributed by atoms with Crippen LogP contribution in [0.2, 0.25) is 0 Å². The molecule has 7 nitrogen and oxygen atoms in total. The molecular weight excluding hydrogens is 590 g/mol. The van der Waals surface area contributed by atoms with Gasteiger partial charge in [0.25, 0.3) is 0 Å². The largest absolute Gasteiger partial charge is 0.573 e. The predicted octanol–water partition coefficient (Wildman–Crippen LogP) is 8.01. The first kappa shape index (κ1) is 30.4. The van der Waals surface area contributed by atoms with Gasteiger partial charge in [0.15, 0.2) is 11.9 Å². The fourth-order valence-corrected chi connectivity index (χ4v) is 4.59. The first-order valence-electron chi connectivity index (χ1n) is 13.2. The van der Waals surface area contributed by atoms with Crippen LogP contribution in [0.1, 0.15) is 42.0 Å². The van der Waals surface area contributed by atoms with Crippen molar-refractivity contribution in [3.05, 3.63) is 126 Å². The summed E-state index contributed by atoms with van der Waals surface area (Å²) in [6, 6.07) is 18.3. The van der Waals surface area contributed by atoms with Gasteiger partial charge in [0.2, 0.25) is 0 Å². The van der Waals surface area contributed by atoms with Gasteiger partial charge < -0.3 is 9.47 Å². The summed E-state index contributed by atoms with van der Waals surface area (Å²) in [6.45, 7) is 1.88. The Hall–Kier alpha value is -5.07. The number of carbonyl (C=O) groups excluding carboxylic acids is 1. The van der Waals surface area contributed by atoms with Gasteiger partial charge in [-0.3, -0.25) is 5.32 Å². The number of benzene rings is 3. The van der Waals surface area contributed by atoms with Crippen LogP contribution >= 0.6 is 0 Å². The molecule has 0 saturated carbocycles. The van der Waals surface area contributed by atoms with E-state index in [2.05, 4.69) is 20.1 Å². The van der Waals surface area contributed by atoms with Crippen LogP contribution in [-0.4, -0.2) is 27.2 Å². The van der Waals surface area contributed by atoms with E-state index in [9.17, 15) is 31.1 Å². The Morgan fingerprint density at radius 3 is 2.18 bits per heavy atom. The first-order chi connectivity index (χ1) is 20.9. The van der Waals surface area contributed by atoms with Crippen molar-refractivity contribution in [2.75, 3.05) is 0 Å². The van der Waals surface area contributed by atoms with Gasteiger partial charge >= 0.3 is 18.6 Å². The van der Waals surface area contributed by atoms with E-state index in [4.69, 9.17) is 4.74 Å². The molecule has 0 aliphatic heterocycles. The molecule has 0 saturated heterocycles. The molecule has 13 heteroatoms. The zero-order chi connectivity index (χ0) is 31.5. The predicted molar refractivity (Wildman–Crippen MR) is 147 cm³/mol. The van der Waals surface area contributed by atoms with Gasteiger partial charge in [-0.15, -0.1) is 18.3 Å². The monoisotopic (exact) mass is 614 g/mol. The normalized spacial score (nSPS) is 16.0. The summed E-state index contributed by atoms with van der Waals surface area (Å²) in [4.78, 5) is 17.3. The first-order valence-corrected chi connectivity index (χ1v) is 13.2. The summed E-state index contributed by atoms with van der Waals surface area (Å²) >= 11 is 0. The number of nitrogens with one attached hydrogen (secondary N) is 1. The highest BCUT2D eigenvalue weighted by molar-refractivity contribution is 5.72. The maximum absolute atomic E-state index is 13.1. The Morgan fingerprint density at radius 2 is 1.57 bits per heavy atom. The molecule has 1 amide bonds. The maximum Gasteiger partial charge on any atom is 0.573 e. The number of rotatable bonds is 7. The number of carbonyl (C=O) groups is 1. The van der Waals surface area contributed by atoms with Crippen LogP contribution in [0.3, 0.4) is 0 Å². The third-order valence-electron chi connectivity index (χ3n) is 6.75. The minimum absolute atomic E-state index is 0.186. The fraction of sp³-hybridized carbons (Fsp3) is 0.194. The minimum atomic E-state index is -4.79. The molecule has 0 bridgehead atoms. The van der Waals surface area contributed by atoms with Crippen molar-refractivity contribution in [3.8, 4) is 11.4 Å². The number of alkyl carbamates (subject to hydrolysis) is 1. The molecule has 4 aromatic rings. The van der Waals surface area contributed by atoms with Crippen LogP contribution < -0.4 is 10.1 Å². The van der Waals surface area contributed by atoms with E-state index >= 15 is 0 Å². The van der Waals surface area contributed by atoms with Crippen molar-refractivity contribution in [1.29, 1.82) is 0 Å². The van der Waals surface area contributed by atoms with Gasteiger partial charge in [-0.1, -0.05) is 55.5 Å². The number of aromatic nitrogens is 3. The topological polar surface area (TPSA) is 78.3 Å². The fourth-order valence-electron chi connectivity index (χ4n) is 4.59. The Morgan fingerprint density at radius 1 is 0.909 bits per heavy atom. The van der Waals surface area contributed by atoms with Crippen LogP contribution in [0.15, 0.2) is 103 Å². The average molecular weight is 615 g/mol. The van der Waals surface area contributed by atoms with Crippen LogP contribution in [0.4, 0.5) is 31.1 Å². The molecule has 0 fully saturated rings. The number of amides is 1. The second-order valence-corrected chi connectivity index (χ2v) is 9.91. The molecule has 0 radical (unpaired) electrons. The van der Waals surface area contributed by atoms with Crippen molar-refractivity contribution in [2.45, 2.75) is 32.0 Å². The molecular formula is C31H24F6N4O3. The maximum atomic E-state index is 13.1. The summed E-state index contributed by atoms with van der Waals surface area (Å²) < 4.78 is 87.5. The van der Waals surface area contributed by atoms with Crippen molar-refractivity contribution >= 4 is 11.7 Å². The van der Waals surface area contributed by atoms with E-state index in [-0.39, 0.29) is 11.7 Å². The average Bonchev–Trinajstić information content (AvgIpc) is 3.47. The smallest absolute Gasteiger partial charge is 0.436 e. The van der Waals surface area contributed by atoms with E-state index in [1.165, 1.54) is 47.4 Å². The molecule has 3 aromatic carbocycles. The van der Waals surface area contributed by atoms with Gasteiger partial charge in [0, 0.05) is 11.6 Å². The molecule has 1 heterocycles. The molecule has 2 unspecified atom stereocenters. The van der Waals surface area contributed by atoms with E-state index in [1.807, 2.05) is 6.92 Å². The lowest BCUT2D eigenvalue weighted by Crippen LogP contribution is -2.29. The van der Waals surface area contributed by atoms with Crippen LogP contribution in [-0.2, 0) is 10.9 Å². The molecule has 2 atom stereocenters. The van der Waals surface area contributed by atoms with Crippen molar-refractivity contribution in [3.63, 3.8) is 0 Å².